The van der Waals surface area contributed by atoms with Crippen molar-refractivity contribution in [2.75, 3.05) is 7.11 Å². The van der Waals surface area contributed by atoms with Crippen molar-refractivity contribution in [3.05, 3.63) is 28.7 Å². The summed E-state index contributed by atoms with van der Waals surface area (Å²) >= 11 is 0. The number of methoxy groups -OCH3 is 1. The van der Waals surface area contributed by atoms with Crippen LogP contribution in [0.25, 0.3) is 0 Å². The zero-order valence-corrected chi connectivity index (χ0v) is 6.50. The van der Waals surface area contributed by atoms with Crippen molar-refractivity contribution >= 4 is 5.69 Å². The van der Waals surface area contributed by atoms with Crippen LogP contribution in [-0.4, -0.2) is 7.11 Å². The largest absolute Gasteiger partial charge is 0.494 e. The summed E-state index contributed by atoms with van der Waals surface area (Å²) in [6, 6.07) is 5.23. The number of aryl methyl sites for hydroxylation is 1. The van der Waals surface area contributed by atoms with E-state index in [1.807, 2.05) is 13.0 Å². The highest BCUT2D eigenvalue weighted by molar-refractivity contribution is 5.52. The first-order chi connectivity index (χ1) is 5.27. The molecule has 58 valence electrons. The van der Waals surface area contributed by atoms with Gasteiger partial charge in [-0.15, -0.1) is 4.91 Å². The number of hydrogen-bond acceptors (Lipinski definition) is 3. The fraction of sp³-hybridized carbons (Fsp3) is 0.250. The van der Waals surface area contributed by atoms with Crippen LogP contribution in [0.5, 0.6) is 5.75 Å². The standard InChI is InChI=1S/C8H9NO2/c1-6-3-4-7(9-10)8(5-6)11-2/h3-5H,1-2H3. The zero-order chi connectivity index (χ0) is 8.27. The Labute approximate surface area is 65.0 Å². The molecule has 3 nitrogen and oxygen atoms in total. The van der Waals surface area contributed by atoms with Gasteiger partial charge in [0.2, 0.25) is 0 Å². The normalized spacial score (nSPS) is 9.27. The van der Waals surface area contributed by atoms with Gasteiger partial charge in [-0.1, -0.05) is 6.07 Å². The van der Waals surface area contributed by atoms with E-state index in [0.29, 0.717) is 11.4 Å². The lowest BCUT2D eigenvalue weighted by Gasteiger charge is -2.01. The molecule has 1 rings (SSSR count). The summed E-state index contributed by atoms with van der Waals surface area (Å²) in [6.45, 7) is 1.93. The molecule has 3 heteroatoms. The number of nitrogens with zero attached hydrogens (tertiary/aromatic N) is 1. The predicted molar refractivity (Wildman–Crippen MR) is 43.2 cm³/mol. The molecule has 1 aromatic carbocycles. The average molecular weight is 151 g/mol. The molecule has 0 saturated heterocycles. The Kier molecular flexibility index (Phi) is 2.21. The Morgan fingerprint density at radius 3 is 2.73 bits per heavy atom. The SMILES string of the molecule is COc1cc(C)ccc1N=O. The molecule has 0 radical (unpaired) electrons. The third-order valence-electron chi connectivity index (χ3n) is 1.43. The number of rotatable bonds is 2. The van der Waals surface area contributed by atoms with Gasteiger partial charge in [0.05, 0.1) is 7.11 Å². The third kappa shape index (κ3) is 1.55. The lowest BCUT2D eigenvalue weighted by atomic mass is 10.2. The first kappa shape index (κ1) is 7.72. The van der Waals surface area contributed by atoms with Crippen LogP contribution in [0.4, 0.5) is 5.69 Å². The van der Waals surface area contributed by atoms with Gasteiger partial charge < -0.3 is 4.74 Å². The monoisotopic (exact) mass is 151 g/mol. The van der Waals surface area contributed by atoms with Gasteiger partial charge in [0.1, 0.15) is 11.4 Å². The molecule has 0 N–H and O–H groups in total. The van der Waals surface area contributed by atoms with Gasteiger partial charge in [-0.2, -0.15) is 0 Å². The molecule has 0 aliphatic rings. The number of ether oxygens (including phenoxy) is 1. The van der Waals surface area contributed by atoms with Crippen LogP contribution in [0, 0.1) is 11.8 Å². The molecule has 0 saturated carbocycles. The molecule has 0 aliphatic carbocycles. The zero-order valence-electron chi connectivity index (χ0n) is 6.50. The second-order valence-electron chi connectivity index (χ2n) is 2.27. The maximum Gasteiger partial charge on any atom is 0.149 e. The van der Waals surface area contributed by atoms with Gasteiger partial charge >= 0.3 is 0 Å². The minimum Gasteiger partial charge on any atom is -0.494 e. The molecule has 1 aromatic rings. The maximum atomic E-state index is 10.2. The molecule has 0 aliphatic heterocycles. The van der Waals surface area contributed by atoms with E-state index in [1.165, 1.54) is 7.11 Å². The Morgan fingerprint density at radius 2 is 2.18 bits per heavy atom. The highest BCUT2D eigenvalue weighted by atomic mass is 16.5. The van der Waals surface area contributed by atoms with Crippen LogP contribution < -0.4 is 4.74 Å². The molecule has 0 heterocycles. The van der Waals surface area contributed by atoms with Gasteiger partial charge in [0, 0.05) is 0 Å². The van der Waals surface area contributed by atoms with E-state index in [9.17, 15) is 4.91 Å². The second-order valence-corrected chi connectivity index (χ2v) is 2.27. The number of benzene rings is 1. The van der Waals surface area contributed by atoms with Crippen molar-refractivity contribution in [1.29, 1.82) is 0 Å². The minimum absolute atomic E-state index is 0.345. The lowest BCUT2D eigenvalue weighted by molar-refractivity contribution is 0.416. The van der Waals surface area contributed by atoms with E-state index in [1.54, 1.807) is 12.1 Å². The first-order valence-electron chi connectivity index (χ1n) is 3.26. The summed E-state index contributed by atoms with van der Waals surface area (Å²) in [5.74, 6) is 0.528. The molecule has 0 fully saturated rings. The lowest BCUT2D eigenvalue weighted by Crippen LogP contribution is -1.83. The van der Waals surface area contributed by atoms with Crippen molar-refractivity contribution in [2.45, 2.75) is 6.92 Å². The molecule has 0 amide bonds. The van der Waals surface area contributed by atoms with E-state index in [0.717, 1.165) is 5.56 Å². The van der Waals surface area contributed by atoms with Gasteiger partial charge in [-0.05, 0) is 29.8 Å². The van der Waals surface area contributed by atoms with Crippen molar-refractivity contribution < 1.29 is 4.74 Å². The Hall–Kier alpha value is -1.38. The van der Waals surface area contributed by atoms with E-state index in [4.69, 9.17) is 4.74 Å². The quantitative estimate of drug-likeness (QED) is 0.609. The highest BCUT2D eigenvalue weighted by Crippen LogP contribution is 2.27. The molecular weight excluding hydrogens is 142 g/mol. The van der Waals surface area contributed by atoms with E-state index in [2.05, 4.69) is 5.18 Å². The topological polar surface area (TPSA) is 38.7 Å². The van der Waals surface area contributed by atoms with Crippen molar-refractivity contribution in [3.8, 4) is 5.75 Å². The molecular formula is C8H9NO2. The van der Waals surface area contributed by atoms with Gasteiger partial charge in [-0.3, -0.25) is 0 Å². The van der Waals surface area contributed by atoms with Gasteiger partial charge in [0.25, 0.3) is 0 Å². The smallest absolute Gasteiger partial charge is 0.149 e. The summed E-state index contributed by atoms with van der Waals surface area (Å²) in [5, 5.41) is 2.81. The fourth-order valence-corrected chi connectivity index (χ4v) is 0.860. The van der Waals surface area contributed by atoms with E-state index >= 15 is 0 Å². The predicted octanol–water partition coefficient (Wildman–Crippen LogP) is 2.40. The molecule has 0 unspecified atom stereocenters. The van der Waals surface area contributed by atoms with Crippen molar-refractivity contribution in [3.63, 3.8) is 0 Å². The summed E-state index contributed by atoms with van der Waals surface area (Å²) in [7, 11) is 1.52. The van der Waals surface area contributed by atoms with E-state index in [-0.39, 0.29) is 0 Å². The minimum atomic E-state index is 0.345. The third-order valence-corrected chi connectivity index (χ3v) is 1.43. The van der Waals surface area contributed by atoms with Crippen LogP contribution in [-0.2, 0) is 0 Å². The van der Waals surface area contributed by atoms with Crippen molar-refractivity contribution in [2.24, 2.45) is 5.18 Å². The Morgan fingerprint density at radius 1 is 1.45 bits per heavy atom. The molecule has 11 heavy (non-hydrogen) atoms. The van der Waals surface area contributed by atoms with Crippen LogP contribution in [0.15, 0.2) is 23.4 Å². The Balaban J connectivity index is 3.16. The highest BCUT2D eigenvalue weighted by Gasteiger charge is 2.01. The van der Waals surface area contributed by atoms with Crippen LogP contribution in [0.1, 0.15) is 5.56 Å². The molecule has 0 atom stereocenters. The van der Waals surface area contributed by atoms with Crippen molar-refractivity contribution in [1.82, 2.24) is 0 Å². The molecule has 0 spiro atoms. The summed E-state index contributed by atoms with van der Waals surface area (Å²) < 4.78 is 4.92. The Bertz CT molecular complexity index is 271. The first-order valence-corrected chi connectivity index (χ1v) is 3.26. The summed E-state index contributed by atoms with van der Waals surface area (Å²) in [5.41, 5.74) is 1.40. The van der Waals surface area contributed by atoms with Crippen LogP contribution >= 0.6 is 0 Å². The molecule has 0 bridgehead atoms. The summed E-state index contributed by atoms with van der Waals surface area (Å²) in [6.07, 6.45) is 0. The summed E-state index contributed by atoms with van der Waals surface area (Å²) in [4.78, 5) is 10.2. The van der Waals surface area contributed by atoms with Gasteiger partial charge in [-0.25, -0.2) is 0 Å². The number of nitroso groups, excluding NO2 is 1. The molecule has 0 aromatic heterocycles. The van der Waals surface area contributed by atoms with Crippen LogP contribution in [0.2, 0.25) is 0 Å². The maximum absolute atomic E-state index is 10.2. The van der Waals surface area contributed by atoms with Gasteiger partial charge in [0.15, 0.2) is 0 Å². The van der Waals surface area contributed by atoms with Crippen LogP contribution in [0.3, 0.4) is 0 Å². The van der Waals surface area contributed by atoms with E-state index < -0.39 is 0 Å². The average Bonchev–Trinajstić information content (AvgIpc) is 2.04. The number of hydrogen-bond donors (Lipinski definition) is 0. The fourth-order valence-electron chi connectivity index (χ4n) is 0.860. The second kappa shape index (κ2) is 3.14.